The lowest BCUT2D eigenvalue weighted by Gasteiger charge is -2.07. The van der Waals surface area contributed by atoms with E-state index in [1.54, 1.807) is 13.8 Å². The molecule has 0 fully saturated rings. The van der Waals surface area contributed by atoms with Gasteiger partial charge < -0.3 is 0 Å². The van der Waals surface area contributed by atoms with Crippen LogP contribution in [0, 0.1) is 6.92 Å². The Kier molecular flexibility index (Phi) is 6.27. The van der Waals surface area contributed by atoms with Gasteiger partial charge in [-0.2, -0.15) is 17.6 Å². The lowest BCUT2D eigenvalue weighted by atomic mass is 10.1. The van der Waals surface area contributed by atoms with Gasteiger partial charge in [0.05, 0.1) is 21.7 Å². The number of allylic oxidation sites excluding steroid dienone is 1. The van der Waals surface area contributed by atoms with Crippen molar-refractivity contribution in [1.82, 2.24) is 4.98 Å². The summed E-state index contributed by atoms with van der Waals surface area (Å²) in [5.74, 6) is -1.83. The SMILES string of the molecule is C=N/C(F)=C(\C=C/C)C(=O)Nc1nc(C)c(-c2cccc(C(F)(F)F)c2)s1. The van der Waals surface area contributed by atoms with Crippen molar-refractivity contribution in [3.63, 3.8) is 0 Å². The average Bonchev–Trinajstić information content (AvgIpc) is 2.98. The van der Waals surface area contributed by atoms with Gasteiger partial charge in [-0.1, -0.05) is 29.5 Å². The van der Waals surface area contributed by atoms with E-state index in [9.17, 15) is 22.4 Å². The molecule has 0 aliphatic heterocycles. The highest BCUT2D eigenvalue weighted by Gasteiger charge is 2.30. The van der Waals surface area contributed by atoms with Crippen LogP contribution in [-0.2, 0) is 11.0 Å². The summed E-state index contributed by atoms with van der Waals surface area (Å²) in [6.45, 7) is 6.25. The lowest BCUT2D eigenvalue weighted by molar-refractivity contribution is -0.137. The van der Waals surface area contributed by atoms with E-state index < -0.39 is 23.6 Å². The van der Waals surface area contributed by atoms with Gasteiger partial charge in [0.2, 0.25) is 5.95 Å². The molecule has 1 N–H and O–H groups in total. The van der Waals surface area contributed by atoms with Crippen LogP contribution in [0.1, 0.15) is 18.2 Å². The molecule has 1 aromatic heterocycles. The van der Waals surface area contributed by atoms with Gasteiger partial charge in [0.15, 0.2) is 5.13 Å². The molecular weight excluding hydrogens is 382 g/mol. The van der Waals surface area contributed by atoms with E-state index in [0.29, 0.717) is 16.1 Å². The van der Waals surface area contributed by atoms with E-state index in [4.69, 9.17) is 0 Å². The minimum absolute atomic E-state index is 0.128. The summed E-state index contributed by atoms with van der Waals surface area (Å²) in [4.78, 5) is 19.9. The first-order chi connectivity index (χ1) is 12.7. The molecule has 1 aromatic carbocycles. The Morgan fingerprint density at radius 3 is 2.67 bits per heavy atom. The third kappa shape index (κ3) is 4.88. The zero-order valence-electron chi connectivity index (χ0n) is 14.4. The number of anilines is 1. The Labute approximate surface area is 157 Å². The molecule has 9 heteroatoms. The van der Waals surface area contributed by atoms with Gasteiger partial charge in [-0.15, -0.1) is 0 Å². The van der Waals surface area contributed by atoms with Crippen LogP contribution in [0.4, 0.5) is 22.7 Å². The first-order valence-corrected chi connectivity index (χ1v) is 8.44. The van der Waals surface area contributed by atoms with Crippen molar-refractivity contribution in [3.8, 4) is 10.4 Å². The molecule has 2 rings (SSSR count). The first-order valence-electron chi connectivity index (χ1n) is 7.63. The summed E-state index contributed by atoms with van der Waals surface area (Å²) in [6, 6.07) is 4.81. The van der Waals surface area contributed by atoms with Gasteiger partial charge in [0.25, 0.3) is 5.91 Å². The summed E-state index contributed by atoms with van der Waals surface area (Å²) in [5, 5.41) is 2.56. The molecule has 142 valence electrons. The van der Waals surface area contributed by atoms with Crippen LogP contribution in [0.5, 0.6) is 0 Å². The normalized spacial score (nSPS) is 12.8. The Hall–Kier alpha value is -2.81. The van der Waals surface area contributed by atoms with Gasteiger partial charge in [0.1, 0.15) is 0 Å². The van der Waals surface area contributed by atoms with Gasteiger partial charge in [0, 0.05) is 0 Å². The van der Waals surface area contributed by atoms with Crippen molar-refractivity contribution in [3.05, 3.63) is 59.2 Å². The Bertz CT molecular complexity index is 929. The average molecular weight is 397 g/mol. The number of carbonyl (C=O) groups is 1. The number of nitrogens with zero attached hydrogens (tertiary/aromatic N) is 2. The number of hydrogen-bond donors (Lipinski definition) is 1. The molecule has 0 aliphatic carbocycles. The second-order valence-corrected chi connectivity index (χ2v) is 6.33. The highest BCUT2D eigenvalue weighted by atomic mass is 32.1. The number of carbonyl (C=O) groups excluding carboxylic acids is 1. The molecule has 0 spiro atoms. The number of alkyl halides is 3. The molecule has 0 radical (unpaired) electrons. The van der Waals surface area contributed by atoms with Crippen LogP contribution in [0.25, 0.3) is 10.4 Å². The Balaban J connectivity index is 2.35. The van der Waals surface area contributed by atoms with Gasteiger partial charge in [-0.3, -0.25) is 10.1 Å². The largest absolute Gasteiger partial charge is 0.416 e. The monoisotopic (exact) mass is 397 g/mol. The Morgan fingerprint density at radius 1 is 1.37 bits per heavy atom. The van der Waals surface area contributed by atoms with Crippen molar-refractivity contribution < 1.29 is 22.4 Å². The third-order valence-corrected chi connectivity index (χ3v) is 4.53. The number of thiazole rings is 1. The summed E-state index contributed by atoms with van der Waals surface area (Å²) < 4.78 is 52.4. The van der Waals surface area contributed by atoms with Crippen molar-refractivity contribution in [2.24, 2.45) is 4.99 Å². The fourth-order valence-corrected chi connectivity index (χ4v) is 3.17. The quantitative estimate of drug-likeness (QED) is 0.237. The van der Waals surface area contributed by atoms with Crippen LogP contribution >= 0.6 is 11.3 Å². The standard InChI is InChI=1S/C18H15F4N3OS/c1-4-6-13(15(19)23-3)16(26)25-17-24-10(2)14(27-17)11-7-5-8-12(9-11)18(20,21)22/h4-9H,3H2,1-2H3,(H,24,25,26)/b6-4-,15-13+. The van der Waals surface area contributed by atoms with Gasteiger partial charge >= 0.3 is 6.18 Å². The first kappa shape index (κ1) is 20.5. The molecule has 4 nitrogen and oxygen atoms in total. The molecule has 1 heterocycles. The fourth-order valence-electron chi connectivity index (χ4n) is 2.21. The van der Waals surface area contributed by atoms with Crippen molar-refractivity contribution in [2.45, 2.75) is 20.0 Å². The number of aliphatic imine (C=N–C) groups is 1. The minimum Gasteiger partial charge on any atom is -0.298 e. The second kappa shape index (κ2) is 8.26. The van der Waals surface area contributed by atoms with Gasteiger partial charge in [-0.25, -0.2) is 9.98 Å². The smallest absolute Gasteiger partial charge is 0.298 e. The van der Waals surface area contributed by atoms with Crippen molar-refractivity contribution in [1.29, 1.82) is 0 Å². The summed E-state index contributed by atoms with van der Waals surface area (Å²) in [7, 11) is 0. The highest BCUT2D eigenvalue weighted by molar-refractivity contribution is 7.19. The van der Waals surface area contributed by atoms with Crippen molar-refractivity contribution in [2.75, 3.05) is 5.32 Å². The van der Waals surface area contributed by atoms with Crippen LogP contribution in [0.2, 0.25) is 0 Å². The van der Waals surface area contributed by atoms with Crippen LogP contribution in [0.3, 0.4) is 0 Å². The second-order valence-electron chi connectivity index (χ2n) is 5.33. The maximum atomic E-state index is 13.7. The molecular formula is C18H15F4N3OS. The van der Waals surface area contributed by atoms with E-state index in [2.05, 4.69) is 22.0 Å². The highest BCUT2D eigenvalue weighted by Crippen LogP contribution is 2.36. The lowest BCUT2D eigenvalue weighted by Crippen LogP contribution is -2.14. The number of amides is 1. The topological polar surface area (TPSA) is 54.4 Å². The molecule has 0 atom stereocenters. The number of aromatic nitrogens is 1. The van der Waals surface area contributed by atoms with E-state index in [1.807, 2.05) is 0 Å². The van der Waals surface area contributed by atoms with E-state index in [1.165, 1.54) is 24.3 Å². The molecule has 0 saturated carbocycles. The van der Waals surface area contributed by atoms with E-state index in [0.717, 1.165) is 23.5 Å². The number of halogens is 4. The number of aryl methyl sites for hydroxylation is 1. The molecule has 0 bridgehead atoms. The van der Waals surface area contributed by atoms with Crippen molar-refractivity contribution >= 4 is 29.1 Å². The summed E-state index contributed by atoms with van der Waals surface area (Å²) in [5.41, 5.74) is -0.353. The summed E-state index contributed by atoms with van der Waals surface area (Å²) in [6.07, 6.45) is -1.78. The fraction of sp³-hybridized carbons (Fsp3) is 0.167. The number of hydrogen-bond acceptors (Lipinski definition) is 4. The molecule has 0 saturated heterocycles. The van der Waals surface area contributed by atoms with Gasteiger partial charge in [-0.05, 0) is 44.3 Å². The number of nitrogens with one attached hydrogen (secondary N) is 1. The number of rotatable bonds is 5. The zero-order valence-corrected chi connectivity index (χ0v) is 15.2. The molecule has 1 amide bonds. The number of benzene rings is 1. The molecule has 2 aromatic rings. The third-order valence-electron chi connectivity index (χ3n) is 3.41. The Morgan fingerprint density at radius 2 is 2.07 bits per heavy atom. The van der Waals surface area contributed by atoms with Crippen LogP contribution in [0.15, 0.2) is 52.9 Å². The predicted octanol–water partition coefficient (Wildman–Crippen LogP) is 5.53. The van der Waals surface area contributed by atoms with E-state index >= 15 is 0 Å². The predicted molar refractivity (Wildman–Crippen MR) is 98.4 cm³/mol. The van der Waals surface area contributed by atoms with Crippen LogP contribution in [-0.4, -0.2) is 17.6 Å². The van der Waals surface area contributed by atoms with Crippen LogP contribution < -0.4 is 5.32 Å². The maximum absolute atomic E-state index is 13.7. The zero-order chi connectivity index (χ0) is 20.2. The maximum Gasteiger partial charge on any atom is 0.416 e. The molecule has 27 heavy (non-hydrogen) atoms. The molecule has 0 aliphatic rings. The molecule has 0 unspecified atom stereocenters. The van der Waals surface area contributed by atoms with E-state index in [-0.39, 0.29) is 10.7 Å². The summed E-state index contributed by atoms with van der Waals surface area (Å²) >= 11 is 0.989. The minimum atomic E-state index is -4.47.